The molecule has 122 valence electrons. The number of nitrogens with one attached hydrogen (secondary N) is 1. The van der Waals surface area contributed by atoms with Crippen LogP contribution in [0.15, 0.2) is 6.07 Å². The molecule has 0 fully saturated rings. The van der Waals surface area contributed by atoms with Gasteiger partial charge >= 0.3 is 5.97 Å². The molecule has 0 saturated carbocycles. The van der Waals surface area contributed by atoms with Crippen molar-refractivity contribution in [3.05, 3.63) is 22.9 Å². The minimum atomic E-state index is -0.748. The number of aryl methyl sites for hydroxylation is 2. The van der Waals surface area contributed by atoms with E-state index in [4.69, 9.17) is 0 Å². The topological polar surface area (TPSA) is 62.2 Å². The first kappa shape index (κ1) is 16.8. The van der Waals surface area contributed by atoms with Crippen LogP contribution in [0.4, 0.5) is 5.82 Å². The summed E-state index contributed by atoms with van der Waals surface area (Å²) in [5, 5.41) is 12.9. The van der Waals surface area contributed by atoms with Crippen molar-refractivity contribution in [2.75, 3.05) is 11.9 Å². The highest BCUT2D eigenvalue weighted by Gasteiger charge is 2.24. The number of carboxylic acids is 1. The van der Waals surface area contributed by atoms with E-state index < -0.39 is 11.9 Å². The Hall–Kier alpha value is -1.58. The van der Waals surface area contributed by atoms with E-state index in [-0.39, 0.29) is 0 Å². The largest absolute Gasteiger partial charge is 0.481 e. The van der Waals surface area contributed by atoms with Crippen molar-refractivity contribution in [2.45, 2.75) is 71.1 Å². The van der Waals surface area contributed by atoms with Gasteiger partial charge in [-0.2, -0.15) is 0 Å². The number of hydrogen-bond donors (Lipinski definition) is 2. The van der Waals surface area contributed by atoms with Crippen LogP contribution in [0.1, 0.15) is 74.6 Å². The molecule has 1 unspecified atom stereocenters. The van der Waals surface area contributed by atoms with E-state index in [0.29, 0.717) is 6.42 Å². The van der Waals surface area contributed by atoms with Crippen molar-refractivity contribution in [2.24, 2.45) is 0 Å². The zero-order chi connectivity index (χ0) is 15.9. The predicted molar refractivity (Wildman–Crippen MR) is 89.5 cm³/mol. The van der Waals surface area contributed by atoms with Crippen LogP contribution in [0.2, 0.25) is 0 Å². The molecule has 1 aliphatic heterocycles. The molecule has 0 spiro atoms. The fraction of sp³-hybridized carbons (Fsp3) is 0.667. The van der Waals surface area contributed by atoms with Gasteiger partial charge in [0, 0.05) is 6.54 Å². The maximum Gasteiger partial charge on any atom is 0.312 e. The Morgan fingerprint density at radius 1 is 1.36 bits per heavy atom. The van der Waals surface area contributed by atoms with Crippen molar-refractivity contribution in [3.63, 3.8) is 0 Å². The van der Waals surface area contributed by atoms with Gasteiger partial charge in [-0.25, -0.2) is 4.98 Å². The van der Waals surface area contributed by atoms with E-state index in [0.717, 1.165) is 49.3 Å². The van der Waals surface area contributed by atoms with Crippen LogP contribution >= 0.6 is 0 Å². The van der Waals surface area contributed by atoms with Crippen LogP contribution in [-0.4, -0.2) is 22.6 Å². The number of hydrogen-bond acceptors (Lipinski definition) is 3. The Balaban J connectivity index is 2.09. The summed E-state index contributed by atoms with van der Waals surface area (Å²) in [5.41, 5.74) is 2.99. The number of anilines is 1. The highest BCUT2D eigenvalue weighted by Crippen LogP contribution is 2.29. The first-order valence-corrected chi connectivity index (χ1v) is 8.60. The molecule has 2 rings (SSSR count). The molecule has 0 aliphatic carbocycles. The van der Waals surface area contributed by atoms with Gasteiger partial charge in [0.05, 0.1) is 11.6 Å². The number of unbranched alkanes of at least 4 members (excludes halogenated alkanes) is 4. The number of aromatic nitrogens is 1. The summed E-state index contributed by atoms with van der Waals surface area (Å²) in [4.78, 5) is 16.3. The molecule has 2 N–H and O–H groups in total. The Kier molecular flexibility index (Phi) is 6.22. The van der Waals surface area contributed by atoms with Gasteiger partial charge in [0.1, 0.15) is 5.82 Å². The molecular formula is C18H28N2O2. The van der Waals surface area contributed by atoms with Gasteiger partial charge in [-0.3, -0.25) is 4.79 Å². The van der Waals surface area contributed by atoms with Gasteiger partial charge in [0.2, 0.25) is 0 Å². The van der Waals surface area contributed by atoms with Crippen LogP contribution < -0.4 is 5.32 Å². The fourth-order valence-electron chi connectivity index (χ4n) is 3.20. The minimum absolute atomic E-state index is 0.476. The summed E-state index contributed by atoms with van der Waals surface area (Å²) in [6.45, 7) is 5.11. The van der Waals surface area contributed by atoms with Crippen LogP contribution in [0.3, 0.4) is 0 Å². The van der Waals surface area contributed by atoms with Crippen LogP contribution in [0.5, 0.6) is 0 Å². The number of nitrogens with zero attached hydrogens (tertiary/aromatic N) is 1. The molecular weight excluding hydrogens is 276 g/mol. The normalized spacial score (nSPS) is 15.0. The Labute approximate surface area is 133 Å². The van der Waals surface area contributed by atoms with Crippen molar-refractivity contribution in [3.8, 4) is 0 Å². The molecule has 0 aromatic carbocycles. The second kappa shape index (κ2) is 8.16. The number of carboxylic acid groups (broad SMARTS) is 1. The van der Waals surface area contributed by atoms with Gasteiger partial charge < -0.3 is 10.4 Å². The quantitative estimate of drug-likeness (QED) is 0.704. The lowest BCUT2D eigenvalue weighted by Gasteiger charge is -2.21. The SMILES string of the molecule is CCCCCCCC(C(=O)O)c1nc2c(cc1C)CCCN2. The summed E-state index contributed by atoms with van der Waals surface area (Å²) in [6, 6.07) is 2.12. The monoisotopic (exact) mass is 304 g/mol. The highest BCUT2D eigenvalue weighted by atomic mass is 16.4. The third-order valence-corrected chi connectivity index (χ3v) is 4.47. The van der Waals surface area contributed by atoms with Gasteiger partial charge in [-0.15, -0.1) is 0 Å². The number of carbonyl (C=O) groups is 1. The first-order chi connectivity index (χ1) is 10.6. The number of aliphatic carboxylic acids is 1. The maximum absolute atomic E-state index is 11.7. The summed E-state index contributed by atoms with van der Waals surface area (Å²) in [6.07, 6.45) is 8.55. The van der Waals surface area contributed by atoms with E-state index in [1.807, 2.05) is 6.92 Å². The van der Waals surface area contributed by atoms with Crippen LogP contribution in [0.25, 0.3) is 0 Å². The summed E-state index contributed by atoms with van der Waals surface area (Å²) >= 11 is 0. The van der Waals surface area contributed by atoms with E-state index in [1.165, 1.54) is 24.8 Å². The zero-order valence-corrected chi connectivity index (χ0v) is 13.8. The van der Waals surface area contributed by atoms with E-state index in [1.54, 1.807) is 0 Å². The third-order valence-electron chi connectivity index (χ3n) is 4.47. The zero-order valence-electron chi connectivity index (χ0n) is 13.8. The minimum Gasteiger partial charge on any atom is -0.481 e. The van der Waals surface area contributed by atoms with Gasteiger partial charge in [0.25, 0.3) is 0 Å². The van der Waals surface area contributed by atoms with Gasteiger partial charge in [-0.1, -0.05) is 45.1 Å². The molecule has 22 heavy (non-hydrogen) atoms. The summed E-state index contributed by atoms with van der Waals surface area (Å²) in [5.74, 6) is -0.332. The lowest BCUT2D eigenvalue weighted by atomic mass is 9.92. The van der Waals surface area contributed by atoms with E-state index in [9.17, 15) is 9.90 Å². The fourth-order valence-corrected chi connectivity index (χ4v) is 3.20. The molecule has 1 atom stereocenters. The highest BCUT2D eigenvalue weighted by molar-refractivity contribution is 5.76. The molecule has 0 amide bonds. The Bertz CT molecular complexity index is 514. The average molecular weight is 304 g/mol. The molecule has 2 heterocycles. The summed E-state index contributed by atoms with van der Waals surface area (Å²) < 4.78 is 0. The van der Waals surface area contributed by atoms with Crippen LogP contribution in [-0.2, 0) is 11.2 Å². The second-order valence-electron chi connectivity index (χ2n) is 6.32. The van der Waals surface area contributed by atoms with E-state index in [2.05, 4.69) is 23.3 Å². The Morgan fingerprint density at radius 3 is 2.86 bits per heavy atom. The average Bonchev–Trinajstić information content (AvgIpc) is 2.50. The maximum atomic E-state index is 11.7. The summed E-state index contributed by atoms with van der Waals surface area (Å²) in [7, 11) is 0. The number of fused-ring (bicyclic) bond motifs is 1. The smallest absolute Gasteiger partial charge is 0.312 e. The Morgan fingerprint density at radius 2 is 2.14 bits per heavy atom. The first-order valence-electron chi connectivity index (χ1n) is 8.60. The number of rotatable bonds is 8. The molecule has 0 radical (unpaired) electrons. The van der Waals surface area contributed by atoms with Gasteiger partial charge in [0.15, 0.2) is 0 Å². The lowest BCUT2D eigenvalue weighted by Crippen LogP contribution is -2.19. The molecule has 4 heteroatoms. The van der Waals surface area contributed by atoms with Crippen molar-refractivity contribution in [1.82, 2.24) is 4.98 Å². The molecule has 0 bridgehead atoms. The molecule has 1 aromatic heterocycles. The second-order valence-corrected chi connectivity index (χ2v) is 6.32. The van der Waals surface area contributed by atoms with Crippen molar-refractivity contribution >= 4 is 11.8 Å². The standard InChI is InChI=1S/C18H28N2O2/c1-3-4-5-6-7-10-15(18(21)22)16-13(2)12-14-9-8-11-19-17(14)20-16/h12,15H,3-11H2,1-2H3,(H,19,20)(H,21,22). The lowest BCUT2D eigenvalue weighted by molar-refractivity contribution is -0.139. The predicted octanol–water partition coefficient (Wildman–Crippen LogP) is 4.28. The third kappa shape index (κ3) is 4.21. The van der Waals surface area contributed by atoms with E-state index >= 15 is 0 Å². The molecule has 4 nitrogen and oxygen atoms in total. The molecule has 1 aliphatic rings. The number of pyridine rings is 1. The van der Waals surface area contributed by atoms with Crippen molar-refractivity contribution < 1.29 is 9.90 Å². The van der Waals surface area contributed by atoms with Gasteiger partial charge in [-0.05, 0) is 37.3 Å². The molecule has 0 saturated heterocycles. The van der Waals surface area contributed by atoms with Crippen LogP contribution in [0, 0.1) is 6.92 Å². The molecule has 1 aromatic rings. The van der Waals surface area contributed by atoms with Crippen molar-refractivity contribution in [1.29, 1.82) is 0 Å².